The lowest BCUT2D eigenvalue weighted by Gasteiger charge is -2.32. The maximum Gasteiger partial charge on any atom is 0.326 e. The van der Waals surface area contributed by atoms with Crippen molar-refractivity contribution in [1.29, 1.82) is 0 Å². The molecule has 1 aliphatic rings. The van der Waals surface area contributed by atoms with Gasteiger partial charge < -0.3 is 47.0 Å². The number of benzene rings is 2. The fourth-order valence-corrected chi connectivity index (χ4v) is 7.29. The van der Waals surface area contributed by atoms with Crippen molar-refractivity contribution in [1.82, 2.24) is 36.8 Å². The van der Waals surface area contributed by atoms with Crippen molar-refractivity contribution in [2.45, 2.75) is 108 Å². The summed E-state index contributed by atoms with van der Waals surface area (Å²) in [7, 11) is 0.0345. The molecule has 1 saturated heterocycles. The fraction of sp³-hybridized carbons (Fsp3) is 0.548. The molecule has 1 heterocycles. The standard InChI is InChI=1S/C42H61N7O10S/c1-5-27(2)35(41(56)57)48-42(58)47-30-18-12-13-24-43-36(51)33(26-50)46-39(54)34(22-20-29-16-10-7-11-17-29)49(3)40(55)32(21-19-28-14-8-6-9-15-28)45-38(53)31(44-37(30)52)23-25-60(4)59/h6-11,14-17,27,30-35,50H,5,12-13,18-26H2,1-4H3,(H,43,51)(H,44,52)(H,45,53)(H,46,54)(H,56,57)(H2,47,48,58)/t27-,30-,31-,32-,33+,34-,35-,60+/m0/s1. The van der Waals surface area contributed by atoms with Gasteiger partial charge >= 0.3 is 12.0 Å². The van der Waals surface area contributed by atoms with Gasteiger partial charge in [0.2, 0.25) is 29.5 Å². The number of aliphatic hydroxyl groups is 1. The zero-order valence-corrected chi connectivity index (χ0v) is 35.6. The smallest absolute Gasteiger partial charge is 0.326 e. The number of nitrogens with one attached hydrogen (secondary N) is 6. The van der Waals surface area contributed by atoms with E-state index < -0.39 is 101 Å². The summed E-state index contributed by atoms with van der Waals surface area (Å²) in [6.45, 7) is 2.75. The van der Waals surface area contributed by atoms with Crippen LogP contribution in [0.1, 0.15) is 69.9 Å². The van der Waals surface area contributed by atoms with E-state index >= 15 is 0 Å². The molecule has 60 heavy (non-hydrogen) atoms. The Morgan fingerprint density at radius 1 is 0.817 bits per heavy atom. The molecule has 1 aliphatic heterocycles. The lowest BCUT2D eigenvalue weighted by Crippen LogP contribution is -2.60. The highest BCUT2D eigenvalue weighted by atomic mass is 32.2. The molecule has 0 aliphatic carbocycles. The molecule has 17 nitrogen and oxygen atoms in total. The predicted octanol–water partition coefficient (Wildman–Crippen LogP) is 0.762. The second-order valence-electron chi connectivity index (χ2n) is 15.1. The van der Waals surface area contributed by atoms with Gasteiger partial charge in [-0.05, 0) is 68.4 Å². The number of rotatable bonds is 15. The van der Waals surface area contributed by atoms with Gasteiger partial charge in [-0.15, -0.1) is 0 Å². The van der Waals surface area contributed by atoms with Crippen LogP contribution >= 0.6 is 0 Å². The first-order valence-corrected chi connectivity index (χ1v) is 22.1. The molecule has 2 aromatic rings. The molecule has 18 heteroatoms. The summed E-state index contributed by atoms with van der Waals surface area (Å²) >= 11 is 0. The first-order valence-electron chi connectivity index (χ1n) is 20.4. The van der Waals surface area contributed by atoms with Gasteiger partial charge in [-0.1, -0.05) is 80.9 Å². The highest BCUT2D eigenvalue weighted by molar-refractivity contribution is 7.84. The first kappa shape index (κ1) is 49.0. The number of hydrogen-bond acceptors (Lipinski definition) is 9. The van der Waals surface area contributed by atoms with Crippen LogP contribution < -0.4 is 31.9 Å². The Hall–Kier alpha value is -5.36. The van der Waals surface area contributed by atoms with Crippen molar-refractivity contribution in [3.8, 4) is 0 Å². The Morgan fingerprint density at radius 3 is 1.97 bits per heavy atom. The van der Waals surface area contributed by atoms with Crippen LogP contribution in [0.5, 0.6) is 0 Å². The number of aliphatic carboxylic acids is 1. The van der Waals surface area contributed by atoms with Crippen LogP contribution in [0, 0.1) is 5.92 Å². The summed E-state index contributed by atoms with van der Waals surface area (Å²) in [5.74, 6) is -5.25. The van der Waals surface area contributed by atoms with Crippen molar-refractivity contribution < 1.29 is 48.0 Å². The highest BCUT2D eigenvalue weighted by Gasteiger charge is 2.36. The zero-order valence-electron chi connectivity index (χ0n) is 34.8. The van der Waals surface area contributed by atoms with Crippen LogP contribution in [0.2, 0.25) is 0 Å². The number of carbonyl (C=O) groups excluding carboxylic acids is 6. The first-order chi connectivity index (χ1) is 28.6. The van der Waals surface area contributed by atoms with Crippen LogP contribution in [0.3, 0.4) is 0 Å². The van der Waals surface area contributed by atoms with Gasteiger partial charge in [-0.25, -0.2) is 9.59 Å². The van der Waals surface area contributed by atoms with Crippen LogP contribution in [-0.4, -0.2) is 129 Å². The van der Waals surface area contributed by atoms with Gasteiger partial charge in [0.25, 0.3) is 0 Å². The van der Waals surface area contributed by atoms with Gasteiger partial charge in [0, 0.05) is 36.4 Å². The number of carbonyl (C=O) groups is 7. The number of likely N-dealkylation sites (N-methyl/N-ethyl adjacent to an activating group) is 1. The average Bonchev–Trinajstić information content (AvgIpc) is 3.23. The number of amides is 7. The second kappa shape index (κ2) is 25.3. The minimum Gasteiger partial charge on any atom is -0.480 e. The number of carboxylic acids is 1. The SMILES string of the molecule is CC[C@H](C)[C@H](NC(=O)N[C@H]1CCCCNC(=O)[C@@H](CO)NC(=O)[C@H](CCc2ccccc2)N(C)C(=O)[C@H](CCc2ccccc2)NC(=O)[C@H](CC[S@@](C)=O)NC1=O)C(=O)O. The maximum atomic E-state index is 14.5. The van der Waals surface area contributed by atoms with E-state index in [-0.39, 0.29) is 50.8 Å². The molecular formula is C42H61N7O10S. The van der Waals surface area contributed by atoms with Crippen molar-refractivity contribution in [2.75, 3.05) is 32.2 Å². The summed E-state index contributed by atoms with van der Waals surface area (Å²) in [6.07, 6.45) is 3.25. The minimum atomic E-state index is -1.39. The van der Waals surface area contributed by atoms with Crippen molar-refractivity contribution in [3.63, 3.8) is 0 Å². The monoisotopic (exact) mass is 855 g/mol. The van der Waals surface area contributed by atoms with Gasteiger partial charge in [0.15, 0.2) is 0 Å². The highest BCUT2D eigenvalue weighted by Crippen LogP contribution is 2.15. The summed E-state index contributed by atoms with van der Waals surface area (Å²) < 4.78 is 12.3. The topological polar surface area (TPSA) is 252 Å². The summed E-state index contributed by atoms with van der Waals surface area (Å²) in [4.78, 5) is 96.2. The van der Waals surface area contributed by atoms with E-state index in [1.54, 1.807) is 13.8 Å². The van der Waals surface area contributed by atoms with Crippen molar-refractivity contribution in [2.24, 2.45) is 5.92 Å². The zero-order chi connectivity index (χ0) is 44.2. The van der Waals surface area contributed by atoms with E-state index in [2.05, 4.69) is 31.9 Å². The number of carboxylic acid groups (broad SMARTS) is 1. The van der Waals surface area contributed by atoms with Gasteiger partial charge in [-0.3, -0.25) is 28.2 Å². The third-order valence-electron chi connectivity index (χ3n) is 10.6. The van der Waals surface area contributed by atoms with Crippen LogP contribution in [0.15, 0.2) is 60.7 Å². The van der Waals surface area contributed by atoms with Gasteiger partial charge in [0.1, 0.15) is 36.3 Å². The molecule has 3 rings (SSSR count). The van der Waals surface area contributed by atoms with Crippen molar-refractivity contribution in [3.05, 3.63) is 71.8 Å². The Labute approximate surface area is 354 Å². The fourth-order valence-electron chi connectivity index (χ4n) is 6.72. The van der Waals surface area contributed by atoms with Crippen molar-refractivity contribution >= 4 is 52.3 Å². The van der Waals surface area contributed by atoms with E-state index in [9.17, 15) is 48.0 Å². The van der Waals surface area contributed by atoms with E-state index in [1.165, 1.54) is 18.2 Å². The van der Waals surface area contributed by atoms with E-state index in [0.717, 1.165) is 11.1 Å². The van der Waals surface area contributed by atoms with Gasteiger partial charge in [0.05, 0.1) is 6.61 Å². The molecule has 0 aromatic heterocycles. The molecular weight excluding hydrogens is 795 g/mol. The Kier molecular flexibility index (Phi) is 20.7. The molecule has 0 spiro atoms. The third-order valence-corrected chi connectivity index (χ3v) is 11.4. The molecule has 2 aromatic carbocycles. The van der Waals surface area contributed by atoms with Gasteiger partial charge in [-0.2, -0.15) is 0 Å². The normalized spacial score (nSPS) is 22.9. The number of nitrogens with zero attached hydrogens (tertiary/aromatic N) is 1. The third kappa shape index (κ3) is 16.0. The predicted molar refractivity (Wildman–Crippen MR) is 226 cm³/mol. The summed E-state index contributed by atoms with van der Waals surface area (Å²) in [6, 6.07) is 9.99. The quantitative estimate of drug-likeness (QED) is 0.125. The number of hydrogen-bond donors (Lipinski definition) is 8. The lowest BCUT2D eigenvalue weighted by atomic mass is 9.99. The number of aliphatic hydroxyl groups excluding tert-OH is 1. The molecule has 0 saturated carbocycles. The van der Waals surface area contributed by atoms with E-state index in [4.69, 9.17) is 0 Å². The van der Waals surface area contributed by atoms with E-state index in [0.29, 0.717) is 19.3 Å². The molecule has 8 atom stereocenters. The summed E-state index contributed by atoms with van der Waals surface area (Å²) in [5.41, 5.74) is 1.76. The number of aryl methyl sites for hydroxylation is 2. The molecule has 0 radical (unpaired) electrons. The number of urea groups is 1. The largest absolute Gasteiger partial charge is 0.480 e. The maximum absolute atomic E-state index is 14.5. The molecule has 8 N–H and O–H groups in total. The second-order valence-corrected chi connectivity index (χ2v) is 16.7. The summed E-state index contributed by atoms with van der Waals surface area (Å²) in [5, 5.41) is 35.6. The molecule has 1 fully saturated rings. The lowest BCUT2D eigenvalue weighted by molar-refractivity contribution is -0.143. The Morgan fingerprint density at radius 2 is 1.40 bits per heavy atom. The van der Waals surface area contributed by atoms with Crippen LogP contribution in [0.4, 0.5) is 4.79 Å². The molecule has 0 bridgehead atoms. The van der Waals surface area contributed by atoms with Crippen LogP contribution in [-0.2, 0) is 52.4 Å². The average molecular weight is 856 g/mol. The van der Waals surface area contributed by atoms with E-state index in [1.807, 2.05) is 60.7 Å². The molecule has 7 amide bonds. The molecule has 0 unspecified atom stereocenters. The van der Waals surface area contributed by atoms with Crippen LogP contribution in [0.25, 0.3) is 0 Å². The molecule has 330 valence electrons. The Bertz CT molecular complexity index is 1770. The minimum absolute atomic E-state index is 0.00211. The Balaban J connectivity index is 2.04.